The van der Waals surface area contributed by atoms with Crippen LogP contribution >= 0.6 is 0 Å². The van der Waals surface area contributed by atoms with E-state index in [0.29, 0.717) is 0 Å². The summed E-state index contributed by atoms with van der Waals surface area (Å²) < 4.78 is 0. The molecule has 0 N–H and O–H groups in total. The Hall–Kier alpha value is -4.68. The van der Waals surface area contributed by atoms with E-state index in [2.05, 4.69) is 309 Å². The fourth-order valence-electron chi connectivity index (χ4n) is 3.54. The molecule has 9 aliphatic rings. The van der Waals surface area contributed by atoms with Crippen LogP contribution < -0.4 is 0 Å². The standard InChI is InChI=1S/9C5H6.C4H10.5C3H8.9C2H6.19CH4/c9*1-2-4-5-3-1;1-4(2)3;5*1-3-2;9*1-2;;;;;;;;;;;;;;;;;;;/h9*1-4H,5H2;4H,1-3H3;5*3H2,1-2H3;9*1-2H3;19*1H4. The zero-order valence-electron chi connectivity index (χ0n) is 62.3. The molecule has 101 heavy (non-hydrogen) atoms. The van der Waals surface area contributed by atoms with Crippen LogP contribution in [-0.4, -0.2) is 0 Å². The second-order valence-corrected chi connectivity index (χ2v) is 15.1. The molecule has 0 unspecified atom stereocenters. The van der Waals surface area contributed by atoms with Gasteiger partial charge in [0.25, 0.3) is 0 Å². The summed E-state index contributed by atoms with van der Waals surface area (Å²) in [6.07, 6.45) is 91.8. The Labute approximate surface area is 666 Å². The molecule has 9 aliphatic carbocycles. The minimum atomic E-state index is 0. The van der Waals surface area contributed by atoms with Crippen LogP contribution in [0.1, 0.15) is 446 Å². The number of allylic oxidation sites excluding steroid dienone is 36. The summed E-state index contributed by atoms with van der Waals surface area (Å²) in [5, 5.41) is 0. The molecule has 0 saturated heterocycles. The molecule has 0 atom stereocenters. The molecule has 0 aromatic heterocycles. The summed E-state index contributed by atoms with van der Waals surface area (Å²) in [6, 6.07) is 0. The SMILES string of the molecule is C.C.C.C.C.C.C.C.C.C.C.C.C.C.C.C.C.C.C.C1=CCC=C1.C1=CCC=C1.C1=CCC=C1.C1=CCC=C1.C1=CCC=C1.C1=CCC=C1.C1=CCC=C1.C1=CCC=C1.C1=CCC=C1.CC.CC.CC.CC.CC.CC.CC.CC.CC.CC(C)C.CCC.CCC.CCC.CCC.CCC. The van der Waals surface area contributed by atoms with E-state index in [1.807, 2.05) is 125 Å². The second kappa shape index (κ2) is 363. The van der Waals surface area contributed by atoms with E-state index >= 15 is 0 Å². The Balaban J connectivity index is -0.0000000145. The molecule has 0 radical (unpaired) electrons. The van der Waals surface area contributed by atoms with E-state index in [0.717, 1.165) is 63.7 Å². The molecule has 0 amide bonds. The van der Waals surface area contributed by atoms with Gasteiger partial charge in [0.05, 0.1) is 0 Å². The Bertz CT molecular complexity index is 950. The van der Waals surface area contributed by atoms with Gasteiger partial charge in [-0.25, -0.2) is 0 Å². The van der Waals surface area contributed by atoms with Crippen molar-refractivity contribution in [3.8, 4) is 0 Å². The molecular weight excluding hydrogens is 1210 g/mol. The molecule has 638 valence electrons. The predicted octanol–water partition coefficient (Wildman–Crippen LogP) is 43.6. The molecule has 0 bridgehead atoms. The largest absolute Gasteiger partial charge is 0.0808 e. The first-order chi connectivity index (χ1) is 40.3. The normalized spacial score (nSPS) is 9.62. The van der Waals surface area contributed by atoms with Crippen molar-refractivity contribution < 1.29 is 0 Å². The van der Waals surface area contributed by atoms with Gasteiger partial charge >= 0.3 is 0 Å². The predicted molar refractivity (Wildman–Crippen MR) is 536 cm³/mol. The van der Waals surface area contributed by atoms with Crippen LogP contribution in [0.5, 0.6) is 0 Å². The van der Waals surface area contributed by atoms with E-state index in [1.165, 1.54) is 32.1 Å². The van der Waals surface area contributed by atoms with Crippen LogP contribution in [0.25, 0.3) is 0 Å². The Morgan fingerprint density at radius 1 is 0.139 bits per heavy atom. The summed E-state index contributed by atoms with van der Waals surface area (Å²) >= 11 is 0. The lowest BCUT2D eigenvalue weighted by molar-refractivity contribution is 0.737. The van der Waals surface area contributed by atoms with E-state index in [-0.39, 0.29) is 141 Å². The van der Waals surface area contributed by atoms with Crippen molar-refractivity contribution in [1.29, 1.82) is 0 Å². The lowest BCUT2D eigenvalue weighted by Crippen LogP contribution is -1.66. The van der Waals surface area contributed by atoms with Gasteiger partial charge in [-0.1, -0.05) is 607 Å². The highest BCUT2D eigenvalue weighted by Crippen LogP contribution is 1.97. The third kappa shape index (κ3) is 511. The molecular formula is C101H234. The number of hydrogen-bond donors (Lipinski definition) is 0. The topological polar surface area (TPSA) is 0 Å². The molecule has 0 aliphatic heterocycles. The first-order valence-corrected chi connectivity index (χ1v) is 34.2. The van der Waals surface area contributed by atoms with Crippen molar-refractivity contribution in [2.24, 2.45) is 5.92 Å². The van der Waals surface area contributed by atoms with Gasteiger partial charge in [0.15, 0.2) is 0 Å². The van der Waals surface area contributed by atoms with E-state index in [9.17, 15) is 0 Å². The molecule has 0 fully saturated rings. The summed E-state index contributed by atoms with van der Waals surface area (Å²) in [4.78, 5) is 0. The highest BCUT2D eigenvalue weighted by atomic mass is 13.8. The highest BCUT2D eigenvalue weighted by molar-refractivity contribution is 5.16. The van der Waals surface area contributed by atoms with Crippen molar-refractivity contribution in [3.05, 3.63) is 219 Å². The smallest absolute Gasteiger partial charge is 0.0163 e. The first kappa shape index (κ1) is 225. The van der Waals surface area contributed by atoms with Crippen molar-refractivity contribution in [2.45, 2.75) is 446 Å². The number of rotatable bonds is 0. The maximum atomic E-state index is 2.17. The molecule has 0 heterocycles. The van der Waals surface area contributed by atoms with Crippen molar-refractivity contribution >= 4 is 0 Å². The van der Waals surface area contributed by atoms with Gasteiger partial charge in [0.2, 0.25) is 0 Å². The van der Waals surface area contributed by atoms with Gasteiger partial charge in [0, 0.05) is 0 Å². The van der Waals surface area contributed by atoms with Crippen molar-refractivity contribution in [3.63, 3.8) is 0 Å². The fraction of sp³-hybridized carbons (Fsp3) is 0.644. The van der Waals surface area contributed by atoms with E-state index in [1.54, 1.807) is 0 Å². The molecule has 9 rings (SSSR count). The monoisotopic (exact) mass is 1450 g/mol. The lowest BCUT2D eigenvalue weighted by Gasteiger charge is -1.79. The Morgan fingerprint density at radius 3 is 0.178 bits per heavy atom. The Kier molecular flexibility index (Phi) is 810. The maximum Gasteiger partial charge on any atom is -0.0163 e. The third-order valence-electron chi connectivity index (χ3n) is 5.90. The van der Waals surface area contributed by atoms with Gasteiger partial charge < -0.3 is 0 Å². The number of hydrogen-bond acceptors (Lipinski definition) is 0. The average Bonchev–Trinajstić information content (AvgIpc) is 4.39. The third-order valence-corrected chi connectivity index (χ3v) is 5.90. The summed E-state index contributed by atoms with van der Waals surface area (Å²) in [5.74, 6) is 0.833. The fourth-order valence-corrected chi connectivity index (χ4v) is 3.54. The molecule has 0 aromatic rings. The molecule has 0 spiro atoms. The Morgan fingerprint density at radius 2 is 0.168 bits per heavy atom. The zero-order chi connectivity index (χ0) is 66.9. The van der Waals surface area contributed by atoms with Gasteiger partial charge in [-0.3, -0.25) is 0 Å². The molecule has 0 nitrogen and oxygen atoms in total. The van der Waals surface area contributed by atoms with Gasteiger partial charge in [-0.2, -0.15) is 0 Å². The van der Waals surface area contributed by atoms with Crippen molar-refractivity contribution in [1.82, 2.24) is 0 Å². The van der Waals surface area contributed by atoms with Crippen LogP contribution in [0.3, 0.4) is 0 Å². The molecule has 0 heteroatoms. The van der Waals surface area contributed by atoms with Gasteiger partial charge in [0.1, 0.15) is 0 Å². The summed E-state index contributed by atoms with van der Waals surface area (Å²) in [6.45, 7) is 63.7. The van der Waals surface area contributed by atoms with E-state index < -0.39 is 0 Å². The van der Waals surface area contributed by atoms with Crippen LogP contribution in [-0.2, 0) is 0 Å². The highest BCUT2D eigenvalue weighted by Gasteiger charge is 1.76. The van der Waals surface area contributed by atoms with Gasteiger partial charge in [-0.05, 0) is 63.7 Å². The van der Waals surface area contributed by atoms with Crippen LogP contribution in [0, 0.1) is 5.92 Å². The lowest BCUT2D eigenvalue weighted by atomic mass is 10.3. The van der Waals surface area contributed by atoms with Crippen molar-refractivity contribution in [2.75, 3.05) is 0 Å². The second-order valence-electron chi connectivity index (χ2n) is 15.1. The van der Waals surface area contributed by atoms with Crippen LogP contribution in [0.4, 0.5) is 0 Å². The minimum Gasteiger partial charge on any atom is -0.0808 e. The van der Waals surface area contributed by atoms with Crippen LogP contribution in [0.15, 0.2) is 219 Å². The maximum absolute atomic E-state index is 2.17. The molecule has 0 saturated carbocycles. The first-order valence-electron chi connectivity index (χ1n) is 34.2. The van der Waals surface area contributed by atoms with Crippen LogP contribution in [0.2, 0.25) is 0 Å². The summed E-state index contributed by atoms with van der Waals surface area (Å²) in [5.41, 5.74) is 0. The molecule has 0 aromatic carbocycles. The van der Waals surface area contributed by atoms with E-state index in [4.69, 9.17) is 0 Å². The average molecular weight is 1450 g/mol. The zero-order valence-corrected chi connectivity index (χ0v) is 62.3. The van der Waals surface area contributed by atoms with Gasteiger partial charge in [-0.15, -0.1) is 0 Å². The quantitative estimate of drug-likeness (QED) is 0.227. The summed E-state index contributed by atoms with van der Waals surface area (Å²) in [7, 11) is 0. The minimum absolute atomic E-state index is 0.